The van der Waals surface area contributed by atoms with Gasteiger partial charge in [-0.15, -0.1) is 0 Å². The second-order valence-electron chi connectivity index (χ2n) is 10.4. The van der Waals surface area contributed by atoms with E-state index in [9.17, 15) is 9.90 Å². The van der Waals surface area contributed by atoms with Gasteiger partial charge in [0.15, 0.2) is 18.1 Å². The molecule has 38 heavy (non-hydrogen) atoms. The molecule has 0 aliphatic carbocycles. The minimum absolute atomic E-state index is 0.00800. The molecule has 0 spiro atoms. The minimum Gasteiger partial charge on any atom is -0.443 e. The molecule has 1 aliphatic rings. The summed E-state index contributed by atoms with van der Waals surface area (Å²) >= 11 is 0. The SMILES string of the molecule is Cc1ncoc1-c1cccc([C@@H](COC(O)NC(C)C)N2C(=N)N[C@](CC(C)C)(c3ccccc3)C2=O)c1. The van der Waals surface area contributed by atoms with E-state index >= 15 is 0 Å². The summed E-state index contributed by atoms with van der Waals surface area (Å²) in [5.74, 6) is 0.570. The van der Waals surface area contributed by atoms with E-state index in [4.69, 9.17) is 14.6 Å². The molecule has 1 saturated heterocycles. The second kappa shape index (κ2) is 11.5. The maximum Gasteiger partial charge on any atom is 0.260 e. The lowest BCUT2D eigenvalue weighted by Gasteiger charge is -2.32. The second-order valence-corrected chi connectivity index (χ2v) is 10.4. The first kappa shape index (κ1) is 27.5. The normalized spacial score (nSPS) is 19.3. The first-order chi connectivity index (χ1) is 18.1. The Morgan fingerprint density at radius 3 is 2.53 bits per heavy atom. The van der Waals surface area contributed by atoms with E-state index < -0.39 is 18.0 Å². The first-order valence-electron chi connectivity index (χ1n) is 12.9. The highest BCUT2D eigenvalue weighted by atomic mass is 16.6. The molecule has 4 rings (SSSR count). The molecule has 4 N–H and O–H groups in total. The van der Waals surface area contributed by atoms with Crippen LogP contribution in [-0.2, 0) is 15.1 Å². The summed E-state index contributed by atoms with van der Waals surface area (Å²) in [6.45, 7) is 9.74. The number of benzene rings is 2. The average Bonchev–Trinajstić information content (AvgIpc) is 3.40. The predicted octanol–water partition coefficient (Wildman–Crippen LogP) is 4.29. The number of aromatic nitrogens is 1. The number of amides is 1. The summed E-state index contributed by atoms with van der Waals surface area (Å²) < 4.78 is 11.4. The minimum atomic E-state index is -1.23. The number of nitrogens with zero attached hydrogens (tertiary/aromatic N) is 2. The fourth-order valence-electron chi connectivity index (χ4n) is 5.01. The van der Waals surface area contributed by atoms with E-state index in [-0.39, 0.29) is 30.4 Å². The molecule has 1 fully saturated rings. The quantitative estimate of drug-likeness (QED) is 0.279. The van der Waals surface area contributed by atoms with Crippen molar-refractivity contribution in [1.29, 1.82) is 5.41 Å². The van der Waals surface area contributed by atoms with Crippen LogP contribution in [0.3, 0.4) is 0 Å². The van der Waals surface area contributed by atoms with Crippen molar-refractivity contribution >= 4 is 11.9 Å². The van der Waals surface area contributed by atoms with E-state index in [2.05, 4.69) is 29.5 Å². The number of aliphatic hydroxyl groups is 1. The topological polar surface area (TPSA) is 124 Å². The van der Waals surface area contributed by atoms with E-state index in [1.165, 1.54) is 11.3 Å². The number of hydrogen-bond acceptors (Lipinski definition) is 7. The van der Waals surface area contributed by atoms with Crippen molar-refractivity contribution in [3.63, 3.8) is 0 Å². The first-order valence-corrected chi connectivity index (χ1v) is 12.9. The van der Waals surface area contributed by atoms with Crippen molar-refractivity contribution in [2.45, 2.75) is 65.1 Å². The number of carbonyl (C=O) groups excluding carboxylic acids is 1. The van der Waals surface area contributed by atoms with Gasteiger partial charge in [0.2, 0.25) is 6.41 Å². The smallest absolute Gasteiger partial charge is 0.260 e. The fourth-order valence-corrected chi connectivity index (χ4v) is 5.01. The molecule has 202 valence electrons. The zero-order chi connectivity index (χ0) is 27.4. The third kappa shape index (κ3) is 5.65. The number of nitrogens with one attached hydrogen (secondary N) is 3. The molecule has 1 amide bonds. The van der Waals surface area contributed by atoms with Crippen molar-refractivity contribution < 1.29 is 19.1 Å². The Labute approximate surface area is 223 Å². The molecule has 9 nitrogen and oxygen atoms in total. The number of rotatable bonds is 11. The van der Waals surface area contributed by atoms with Gasteiger partial charge in [-0.1, -0.05) is 62.4 Å². The number of aryl methyl sites for hydroxylation is 1. The van der Waals surface area contributed by atoms with Crippen LogP contribution < -0.4 is 10.6 Å². The number of ether oxygens (including phenoxy) is 1. The van der Waals surface area contributed by atoms with Crippen molar-refractivity contribution in [2.75, 3.05) is 6.61 Å². The largest absolute Gasteiger partial charge is 0.443 e. The monoisotopic (exact) mass is 519 g/mol. The summed E-state index contributed by atoms with van der Waals surface area (Å²) in [5.41, 5.74) is 2.00. The van der Waals surface area contributed by atoms with Gasteiger partial charge in [0.05, 0.1) is 18.3 Å². The summed E-state index contributed by atoms with van der Waals surface area (Å²) in [4.78, 5) is 20.0. The van der Waals surface area contributed by atoms with Gasteiger partial charge >= 0.3 is 0 Å². The molecule has 0 saturated carbocycles. The summed E-state index contributed by atoms with van der Waals surface area (Å²) in [7, 11) is 0. The van der Waals surface area contributed by atoms with Crippen LogP contribution in [-0.4, -0.2) is 45.9 Å². The van der Waals surface area contributed by atoms with Crippen LogP contribution in [0.25, 0.3) is 11.3 Å². The van der Waals surface area contributed by atoms with Crippen molar-refractivity contribution in [3.05, 3.63) is 77.8 Å². The summed E-state index contributed by atoms with van der Waals surface area (Å²) in [6, 6.07) is 16.4. The maximum atomic E-state index is 14.3. The van der Waals surface area contributed by atoms with Gasteiger partial charge < -0.3 is 19.6 Å². The molecule has 1 aromatic heterocycles. The molecule has 3 atom stereocenters. The number of aliphatic hydroxyl groups excluding tert-OH is 1. The van der Waals surface area contributed by atoms with Gasteiger partial charge in [0.25, 0.3) is 5.91 Å². The molecular weight excluding hydrogens is 482 g/mol. The Hall–Kier alpha value is -3.53. The third-order valence-electron chi connectivity index (χ3n) is 6.62. The van der Waals surface area contributed by atoms with Crippen LogP contribution in [0.15, 0.2) is 65.4 Å². The zero-order valence-electron chi connectivity index (χ0n) is 22.6. The lowest BCUT2D eigenvalue weighted by atomic mass is 9.82. The summed E-state index contributed by atoms with van der Waals surface area (Å²) in [5, 5.41) is 25.5. The molecule has 2 aromatic carbocycles. The molecule has 2 heterocycles. The standard InChI is InChI=1S/C29H37N5O4/c1-18(2)15-29(23-12-7-6-8-13-23)26(35)34(27(30)33-29)24(16-37-28(36)32-19(3)4)21-10-9-11-22(14-21)25-20(5)31-17-38-25/h6-14,17-19,24,28,32,36H,15-16H2,1-5H3,(H2,30,33)/t24-,28?,29-/m1/s1. The van der Waals surface area contributed by atoms with E-state index in [0.717, 1.165) is 22.4 Å². The third-order valence-corrected chi connectivity index (χ3v) is 6.62. The van der Waals surface area contributed by atoms with Crippen LogP contribution in [0.1, 0.15) is 57.0 Å². The highest BCUT2D eigenvalue weighted by Crippen LogP contribution is 2.39. The van der Waals surface area contributed by atoms with Crippen LogP contribution in [0.4, 0.5) is 0 Å². The molecule has 0 radical (unpaired) electrons. The highest BCUT2D eigenvalue weighted by molar-refractivity contribution is 6.08. The van der Waals surface area contributed by atoms with Gasteiger partial charge in [-0.05, 0) is 50.3 Å². The van der Waals surface area contributed by atoms with Gasteiger partial charge in [-0.25, -0.2) is 4.98 Å². The summed E-state index contributed by atoms with van der Waals surface area (Å²) in [6.07, 6.45) is 0.679. The highest BCUT2D eigenvalue weighted by Gasteiger charge is 2.53. The Morgan fingerprint density at radius 1 is 1.16 bits per heavy atom. The molecule has 9 heteroatoms. The molecule has 0 bridgehead atoms. The molecular formula is C29H37N5O4. The molecule has 1 unspecified atom stereocenters. The van der Waals surface area contributed by atoms with E-state index in [1.54, 1.807) is 0 Å². The Morgan fingerprint density at radius 2 is 1.89 bits per heavy atom. The van der Waals surface area contributed by atoms with E-state index in [1.807, 2.05) is 75.4 Å². The van der Waals surface area contributed by atoms with Crippen LogP contribution in [0.2, 0.25) is 0 Å². The maximum absolute atomic E-state index is 14.3. The van der Waals surface area contributed by atoms with Gasteiger partial charge in [0.1, 0.15) is 5.54 Å². The number of guanidine groups is 1. The zero-order valence-corrected chi connectivity index (χ0v) is 22.6. The van der Waals surface area contributed by atoms with Crippen molar-refractivity contribution in [2.24, 2.45) is 5.92 Å². The molecule has 1 aliphatic heterocycles. The van der Waals surface area contributed by atoms with E-state index in [0.29, 0.717) is 12.2 Å². The van der Waals surface area contributed by atoms with Crippen molar-refractivity contribution in [3.8, 4) is 11.3 Å². The fraction of sp³-hybridized carbons (Fsp3) is 0.414. The van der Waals surface area contributed by atoms with Crippen molar-refractivity contribution in [1.82, 2.24) is 20.5 Å². The predicted molar refractivity (Wildman–Crippen MR) is 145 cm³/mol. The van der Waals surface area contributed by atoms with Gasteiger partial charge in [-0.3, -0.25) is 20.4 Å². The number of carbonyl (C=O) groups is 1. The Bertz CT molecular complexity index is 1260. The van der Waals surface area contributed by atoms with Gasteiger partial charge in [0, 0.05) is 11.6 Å². The molecule has 3 aromatic rings. The lowest BCUT2D eigenvalue weighted by molar-refractivity contribution is -0.146. The Kier molecular flexibility index (Phi) is 8.30. The number of hydrogen-bond donors (Lipinski definition) is 4. The number of oxazole rings is 1. The Balaban J connectivity index is 1.76. The van der Waals surface area contributed by atoms with Crippen LogP contribution in [0, 0.1) is 18.3 Å². The lowest BCUT2D eigenvalue weighted by Crippen LogP contribution is -2.46. The van der Waals surface area contributed by atoms with Crippen LogP contribution in [0.5, 0.6) is 0 Å². The average molecular weight is 520 g/mol. The van der Waals surface area contributed by atoms with Crippen LogP contribution >= 0.6 is 0 Å². The van der Waals surface area contributed by atoms with Gasteiger partial charge in [-0.2, -0.15) is 0 Å².